The molecule has 0 aliphatic heterocycles. The summed E-state index contributed by atoms with van der Waals surface area (Å²) in [5, 5.41) is 13.3. The van der Waals surface area contributed by atoms with Crippen molar-refractivity contribution in [3.05, 3.63) is 54.0 Å². The van der Waals surface area contributed by atoms with Crippen molar-refractivity contribution < 1.29 is 18.7 Å². The smallest absolute Gasteiger partial charge is 0.291 e. The SMILES string of the molecule is CC(O)C(Cc1ccc(C(=O)Nc2ccccc2)o1)C(O[Si](C)C)C(C)(C)C. The summed E-state index contributed by atoms with van der Waals surface area (Å²) in [4.78, 5) is 12.4. The molecule has 1 amide bonds. The first kappa shape index (κ1) is 22.4. The van der Waals surface area contributed by atoms with Crippen LogP contribution >= 0.6 is 0 Å². The Balaban J connectivity index is 2.14. The molecule has 3 atom stereocenters. The van der Waals surface area contributed by atoms with E-state index in [2.05, 4.69) is 39.2 Å². The van der Waals surface area contributed by atoms with E-state index in [0.717, 1.165) is 0 Å². The van der Waals surface area contributed by atoms with E-state index < -0.39 is 15.1 Å². The zero-order valence-electron chi connectivity index (χ0n) is 17.7. The van der Waals surface area contributed by atoms with Gasteiger partial charge in [-0.15, -0.1) is 0 Å². The first-order valence-electron chi connectivity index (χ1n) is 9.68. The molecule has 153 valence electrons. The predicted octanol–water partition coefficient (Wildman–Crippen LogP) is 4.75. The van der Waals surface area contributed by atoms with Crippen molar-refractivity contribution in [1.82, 2.24) is 0 Å². The third kappa shape index (κ3) is 6.33. The number of carbonyl (C=O) groups excluding carboxylic acids is 1. The van der Waals surface area contributed by atoms with Gasteiger partial charge in [0.1, 0.15) is 5.76 Å². The van der Waals surface area contributed by atoms with Crippen LogP contribution in [0.4, 0.5) is 5.69 Å². The molecule has 0 saturated heterocycles. The topological polar surface area (TPSA) is 71.7 Å². The summed E-state index contributed by atoms with van der Waals surface area (Å²) in [7, 11) is -0.933. The number of para-hydroxylation sites is 1. The van der Waals surface area contributed by atoms with Crippen molar-refractivity contribution in [2.75, 3.05) is 5.32 Å². The quantitative estimate of drug-likeness (QED) is 0.625. The summed E-state index contributed by atoms with van der Waals surface area (Å²) in [5.41, 5.74) is 0.595. The molecule has 2 aromatic rings. The van der Waals surface area contributed by atoms with Gasteiger partial charge in [-0.05, 0) is 49.7 Å². The van der Waals surface area contributed by atoms with Crippen LogP contribution in [0.25, 0.3) is 0 Å². The van der Waals surface area contributed by atoms with Crippen LogP contribution in [-0.2, 0) is 10.8 Å². The van der Waals surface area contributed by atoms with Crippen LogP contribution in [0.3, 0.4) is 0 Å². The summed E-state index contributed by atoms with van der Waals surface area (Å²) in [6, 6.07) is 12.7. The number of benzene rings is 1. The number of hydrogen-bond donors (Lipinski definition) is 2. The Bertz CT molecular complexity index is 749. The minimum absolute atomic E-state index is 0.108. The Kier molecular flexibility index (Phi) is 7.63. The number of hydrogen-bond acceptors (Lipinski definition) is 4. The maximum absolute atomic E-state index is 12.4. The molecule has 0 aliphatic rings. The average molecular weight is 403 g/mol. The molecule has 5 nitrogen and oxygen atoms in total. The molecule has 3 unspecified atom stereocenters. The van der Waals surface area contributed by atoms with Gasteiger partial charge in [0.15, 0.2) is 5.76 Å². The lowest BCUT2D eigenvalue weighted by atomic mass is 9.77. The number of nitrogens with one attached hydrogen (secondary N) is 1. The van der Waals surface area contributed by atoms with Crippen LogP contribution in [0.5, 0.6) is 0 Å². The van der Waals surface area contributed by atoms with E-state index in [9.17, 15) is 9.90 Å². The first-order valence-corrected chi connectivity index (χ1v) is 12.1. The number of amides is 1. The van der Waals surface area contributed by atoms with Crippen LogP contribution in [0.15, 0.2) is 46.9 Å². The van der Waals surface area contributed by atoms with Crippen molar-refractivity contribution >= 4 is 20.6 Å². The molecule has 0 spiro atoms. The molecule has 1 radical (unpaired) electrons. The van der Waals surface area contributed by atoms with Gasteiger partial charge >= 0.3 is 0 Å². The van der Waals surface area contributed by atoms with Crippen LogP contribution < -0.4 is 5.32 Å². The van der Waals surface area contributed by atoms with Crippen LogP contribution in [-0.4, -0.2) is 32.3 Å². The number of carbonyl (C=O) groups is 1. The number of rotatable bonds is 8. The lowest BCUT2D eigenvalue weighted by Gasteiger charge is -2.39. The molecule has 2 rings (SSSR count). The highest BCUT2D eigenvalue weighted by atomic mass is 28.3. The lowest BCUT2D eigenvalue weighted by Crippen LogP contribution is -2.44. The number of aliphatic hydroxyl groups excluding tert-OH is 1. The Hall–Kier alpha value is -1.89. The van der Waals surface area contributed by atoms with Crippen molar-refractivity contribution in [2.24, 2.45) is 11.3 Å². The van der Waals surface area contributed by atoms with E-state index in [-0.39, 0.29) is 29.1 Å². The summed E-state index contributed by atoms with van der Waals surface area (Å²) in [6.45, 7) is 12.4. The Morgan fingerprint density at radius 3 is 2.36 bits per heavy atom. The van der Waals surface area contributed by atoms with Crippen molar-refractivity contribution in [1.29, 1.82) is 0 Å². The van der Waals surface area contributed by atoms with E-state index in [1.54, 1.807) is 19.1 Å². The van der Waals surface area contributed by atoms with E-state index in [4.69, 9.17) is 8.84 Å². The van der Waals surface area contributed by atoms with Gasteiger partial charge in [0.05, 0.1) is 12.2 Å². The fraction of sp³-hybridized carbons (Fsp3) is 0.500. The van der Waals surface area contributed by atoms with Gasteiger partial charge in [0, 0.05) is 18.0 Å². The Morgan fingerprint density at radius 2 is 1.82 bits per heavy atom. The fourth-order valence-electron chi connectivity index (χ4n) is 3.25. The van der Waals surface area contributed by atoms with Gasteiger partial charge in [0.2, 0.25) is 9.04 Å². The second-order valence-electron chi connectivity index (χ2n) is 8.51. The zero-order valence-corrected chi connectivity index (χ0v) is 18.7. The van der Waals surface area contributed by atoms with E-state index in [1.807, 2.05) is 30.3 Å². The van der Waals surface area contributed by atoms with Gasteiger partial charge in [-0.3, -0.25) is 4.79 Å². The summed E-state index contributed by atoms with van der Waals surface area (Å²) in [5.74, 6) is 0.508. The number of anilines is 1. The van der Waals surface area contributed by atoms with E-state index >= 15 is 0 Å². The van der Waals surface area contributed by atoms with Crippen molar-refractivity contribution in [3.8, 4) is 0 Å². The second-order valence-corrected chi connectivity index (χ2v) is 10.6. The second kappa shape index (κ2) is 9.54. The molecular weight excluding hydrogens is 370 g/mol. The van der Waals surface area contributed by atoms with Crippen molar-refractivity contribution in [3.63, 3.8) is 0 Å². The summed E-state index contributed by atoms with van der Waals surface area (Å²) < 4.78 is 12.1. The molecule has 0 aliphatic carbocycles. The van der Waals surface area contributed by atoms with E-state index in [1.165, 1.54) is 0 Å². The summed E-state index contributed by atoms with van der Waals surface area (Å²) >= 11 is 0. The molecule has 1 heterocycles. The van der Waals surface area contributed by atoms with Crippen LogP contribution in [0, 0.1) is 11.3 Å². The predicted molar refractivity (Wildman–Crippen MR) is 114 cm³/mol. The fourth-order valence-corrected chi connectivity index (χ4v) is 4.28. The highest BCUT2D eigenvalue weighted by molar-refractivity contribution is 6.48. The van der Waals surface area contributed by atoms with Gasteiger partial charge < -0.3 is 19.3 Å². The minimum atomic E-state index is -0.933. The van der Waals surface area contributed by atoms with Crippen LogP contribution in [0.2, 0.25) is 13.1 Å². The molecule has 6 heteroatoms. The highest BCUT2D eigenvalue weighted by Gasteiger charge is 2.37. The molecule has 2 N–H and O–H groups in total. The third-order valence-electron chi connectivity index (χ3n) is 4.58. The van der Waals surface area contributed by atoms with Gasteiger partial charge in [0.25, 0.3) is 5.91 Å². The number of furan rings is 1. The molecular formula is C22H32NO4Si. The highest BCUT2D eigenvalue weighted by Crippen LogP contribution is 2.33. The lowest BCUT2D eigenvalue weighted by molar-refractivity contribution is -0.0244. The van der Waals surface area contributed by atoms with Gasteiger partial charge in [-0.25, -0.2) is 0 Å². The molecule has 1 aromatic heterocycles. The van der Waals surface area contributed by atoms with Crippen molar-refractivity contribution in [2.45, 2.75) is 59.4 Å². The molecule has 0 saturated carbocycles. The third-order valence-corrected chi connectivity index (χ3v) is 5.30. The molecule has 0 bridgehead atoms. The van der Waals surface area contributed by atoms with E-state index in [0.29, 0.717) is 17.9 Å². The standard InChI is InChI=1S/C22H32NO4Si/c1-15(24)18(20(22(2,3)4)27-28(5)6)14-17-12-13-19(26-17)21(25)23-16-10-8-7-9-11-16/h7-13,15,18,20,24H,14H2,1-6H3,(H,23,25). The normalized spacial score (nSPS) is 15.3. The monoisotopic (exact) mass is 402 g/mol. The zero-order chi connectivity index (χ0) is 20.9. The minimum Gasteiger partial charge on any atom is -0.456 e. The molecule has 28 heavy (non-hydrogen) atoms. The van der Waals surface area contributed by atoms with Gasteiger partial charge in [-0.1, -0.05) is 39.0 Å². The Morgan fingerprint density at radius 1 is 1.18 bits per heavy atom. The molecule has 0 fully saturated rings. The largest absolute Gasteiger partial charge is 0.456 e. The maximum atomic E-state index is 12.4. The van der Waals surface area contributed by atoms with Gasteiger partial charge in [-0.2, -0.15) is 0 Å². The first-order chi connectivity index (χ1) is 13.1. The summed E-state index contributed by atoms with van der Waals surface area (Å²) in [6.07, 6.45) is -0.159. The number of aliphatic hydroxyl groups is 1. The molecule has 1 aromatic carbocycles. The Labute approximate surface area is 169 Å². The average Bonchev–Trinajstić information content (AvgIpc) is 3.06. The van der Waals surface area contributed by atoms with Crippen LogP contribution in [0.1, 0.15) is 44.0 Å². The maximum Gasteiger partial charge on any atom is 0.291 e.